The van der Waals surface area contributed by atoms with Crippen LogP contribution >= 0.6 is 11.3 Å². The van der Waals surface area contributed by atoms with Crippen molar-refractivity contribution in [2.24, 2.45) is 5.92 Å². The van der Waals surface area contributed by atoms with Crippen molar-refractivity contribution in [1.29, 1.82) is 0 Å². The Labute approximate surface area is 147 Å². The summed E-state index contributed by atoms with van der Waals surface area (Å²) in [5.74, 6) is 1.42. The molecule has 0 unspecified atom stereocenters. The fourth-order valence-electron chi connectivity index (χ4n) is 2.66. The summed E-state index contributed by atoms with van der Waals surface area (Å²) in [6.07, 6.45) is 3.07. The van der Waals surface area contributed by atoms with E-state index in [9.17, 15) is 4.79 Å². The molecular weight excluding hydrogens is 320 g/mol. The van der Waals surface area contributed by atoms with Gasteiger partial charge in [-0.05, 0) is 43.9 Å². The van der Waals surface area contributed by atoms with Crippen LogP contribution in [0.2, 0.25) is 0 Å². The third kappa shape index (κ3) is 4.57. The maximum absolute atomic E-state index is 12.3. The molecule has 128 valence electrons. The Kier molecular flexibility index (Phi) is 5.51. The molecule has 0 N–H and O–H groups in total. The number of carbonyl (C=O) groups is 1. The lowest BCUT2D eigenvalue weighted by molar-refractivity contribution is -0.133. The summed E-state index contributed by atoms with van der Waals surface area (Å²) in [5.41, 5.74) is 2.14. The minimum atomic E-state index is 0.263. The fourth-order valence-corrected chi connectivity index (χ4v) is 3.36. The predicted molar refractivity (Wildman–Crippen MR) is 96.1 cm³/mol. The van der Waals surface area contributed by atoms with E-state index in [4.69, 9.17) is 4.74 Å². The van der Waals surface area contributed by atoms with E-state index in [-0.39, 0.29) is 5.92 Å². The molecule has 0 radical (unpaired) electrons. The summed E-state index contributed by atoms with van der Waals surface area (Å²) < 4.78 is 5.80. The molecule has 4 nitrogen and oxygen atoms in total. The van der Waals surface area contributed by atoms with Crippen molar-refractivity contribution in [3.8, 4) is 5.75 Å². The van der Waals surface area contributed by atoms with Gasteiger partial charge in [0.2, 0.25) is 5.91 Å². The van der Waals surface area contributed by atoms with E-state index in [2.05, 4.69) is 11.9 Å². The average Bonchev–Trinajstić information content (AvgIpc) is 3.32. The second-order valence-corrected chi connectivity index (χ2v) is 7.31. The highest BCUT2D eigenvalue weighted by atomic mass is 32.1. The average molecular weight is 344 g/mol. The van der Waals surface area contributed by atoms with Gasteiger partial charge in [-0.2, -0.15) is 0 Å². The Morgan fingerprint density at radius 1 is 1.42 bits per heavy atom. The number of hydrogen-bond donors (Lipinski definition) is 0. The molecule has 3 rings (SSSR count). The highest BCUT2D eigenvalue weighted by molar-refractivity contribution is 7.09. The standard InChI is InChI=1S/C19H24N2O2S/c1-3-9-21(19(22)15-7-8-15)11-16-13-24-18(20-16)12-23-17-6-4-5-14(2)10-17/h4-6,10,13,15H,3,7-9,11-12H2,1-2H3. The minimum Gasteiger partial charge on any atom is -0.486 e. The third-order valence-corrected chi connectivity index (χ3v) is 4.91. The van der Waals surface area contributed by atoms with E-state index in [1.165, 1.54) is 5.56 Å². The molecule has 5 heteroatoms. The monoisotopic (exact) mass is 344 g/mol. The minimum absolute atomic E-state index is 0.263. The summed E-state index contributed by atoms with van der Waals surface area (Å²) in [7, 11) is 0. The molecule has 0 aliphatic heterocycles. The lowest BCUT2D eigenvalue weighted by Gasteiger charge is -2.21. The maximum Gasteiger partial charge on any atom is 0.226 e. The molecule has 0 atom stereocenters. The van der Waals surface area contributed by atoms with Gasteiger partial charge in [-0.15, -0.1) is 11.3 Å². The zero-order valence-electron chi connectivity index (χ0n) is 14.3. The zero-order valence-corrected chi connectivity index (χ0v) is 15.1. The van der Waals surface area contributed by atoms with Crippen molar-refractivity contribution in [3.63, 3.8) is 0 Å². The van der Waals surface area contributed by atoms with E-state index < -0.39 is 0 Å². The number of aromatic nitrogens is 1. The van der Waals surface area contributed by atoms with E-state index >= 15 is 0 Å². The largest absolute Gasteiger partial charge is 0.486 e. The maximum atomic E-state index is 12.3. The van der Waals surface area contributed by atoms with Crippen molar-refractivity contribution in [2.75, 3.05) is 6.54 Å². The van der Waals surface area contributed by atoms with Gasteiger partial charge in [0.1, 0.15) is 17.4 Å². The van der Waals surface area contributed by atoms with Crippen LogP contribution in [0.1, 0.15) is 42.5 Å². The number of ether oxygens (including phenoxy) is 1. The second kappa shape index (κ2) is 7.79. The lowest BCUT2D eigenvalue weighted by Crippen LogP contribution is -2.32. The van der Waals surface area contributed by atoms with Gasteiger partial charge in [-0.25, -0.2) is 4.98 Å². The summed E-state index contributed by atoms with van der Waals surface area (Å²) in [6.45, 7) is 6.05. The van der Waals surface area contributed by atoms with Gasteiger partial charge in [0.15, 0.2) is 0 Å². The molecule has 1 aliphatic rings. The quantitative estimate of drug-likeness (QED) is 0.721. The number of benzene rings is 1. The summed E-state index contributed by atoms with van der Waals surface area (Å²) >= 11 is 1.59. The van der Waals surface area contributed by atoms with Gasteiger partial charge in [0, 0.05) is 17.8 Å². The van der Waals surface area contributed by atoms with Crippen LogP contribution < -0.4 is 4.74 Å². The first-order valence-corrected chi connectivity index (χ1v) is 9.45. The van der Waals surface area contributed by atoms with Gasteiger partial charge >= 0.3 is 0 Å². The first kappa shape index (κ1) is 17.0. The van der Waals surface area contributed by atoms with E-state index in [1.807, 2.05) is 41.5 Å². The molecule has 2 aromatic rings. The predicted octanol–water partition coefficient (Wildman–Crippen LogP) is 4.18. The van der Waals surface area contributed by atoms with Crippen molar-refractivity contribution in [2.45, 2.75) is 46.3 Å². The number of thiazole rings is 1. The van der Waals surface area contributed by atoms with Gasteiger partial charge in [0.05, 0.1) is 12.2 Å². The van der Waals surface area contributed by atoms with Gasteiger partial charge in [-0.3, -0.25) is 4.79 Å². The summed E-state index contributed by atoms with van der Waals surface area (Å²) in [5, 5.41) is 2.99. The van der Waals surface area contributed by atoms with Crippen LogP contribution in [0.15, 0.2) is 29.6 Å². The van der Waals surface area contributed by atoms with Crippen molar-refractivity contribution >= 4 is 17.2 Å². The highest BCUT2D eigenvalue weighted by Gasteiger charge is 2.33. The number of hydrogen-bond acceptors (Lipinski definition) is 4. The smallest absolute Gasteiger partial charge is 0.226 e. The van der Waals surface area contributed by atoms with E-state index in [1.54, 1.807) is 11.3 Å². The Bertz CT molecular complexity index is 694. The Morgan fingerprint density at radius 2 is 2.25 bits per heavy atom. The third-order valence-electron chi connectivity index (χ3n) is 4.04. The summed E-state index contributed by atoms with van der Waals surface area (Å²) in [6, 6.07) is 8.02. The number of carbonyl (C=O) groups excluding carboxylic acids is 1. The van der Waals surface area contributed by atoms with Crippen molar-refractivity contribution in [3.05, 3.63) is 45.9 Å². The molecule has 24 heavy (non-hydrogen) atoms. The molecule has 1 heterocycles. The van der Waals surface area contributed by atoms with E-state index in [0.717, 1.165) is 42.3 Å². The molecule has 1 aromatic heterocycles. The normalized spacial score (nSPS) is 13.8. The van der Waals surface area contributed by atoms with Crippen LogP contribution in [0.25, 0.3) is 0 Å². The van der Waals surface area contributed by atoms with Crippen LogP contribution in [0.4, 0.5) is 0 Å². The van der Waals surface area contributed by atoms with Crippen LogP contribution in [0.3, 0.4) is 0 Å². The second-order valence-electron chi connectivity index (χ2n) is 6.37. The molecule has 0 bridgehead atoms. The molecule has 0 saturated heterocycles. The van der Waals surface area contributed by atoms with E-state index in [0.29, 0.717) is 19.1 Å². The van der Waals surface area contributed by atoms with Crippen LogP contribution in [-0.4, -0.2) is 22.3 Å². The summed E-state index contributed by atoms with van der Waals surface area (Å²) in [4.78, 5) is 18.9. The molecule has 1 aliphatic carbocycles. The van der Waals surface area contributed by atoms with Crippen LogP contribution in [0.5, 0.6) is 5.75 Å². The van der Waals surface area contributed by atoms with Gasteiger partial charge < -0.3 is 9.64 Å². The number of rotatable bonds is 8. The van der Waals surface area contributed by atoms with Gasteiger partial charge in [-0.1, -0.05) is 19.1 Å². The van der Waals surface area contributed by atoms with Crippen LogP contribution in [-0.2, 0) is 17.9 Å². The number of aryl methyl sites for hydroxylation is 1. The molecule has 0 spiro atoms. The Hall–Kier alpha value is -1.88. The van der Waals surface area contributed by atoms with Crippen molar-refractivity contribution in [1.82, 2.24) is 9.88 Å². The molecule has 1 aromatic carbocycles. The Balaban J connectivity index is 1.56. The molecule has 1 fully saturated rings. The SMILES string of the molecule is CCCN(Cc1csc(COc2cccc(C)c2)n1)C(=O)C1CC1. The highest BCUT2D eigenvalue weighted by Crippen LogP contribution is 2.31. The van der Waals surface area contributed by atoms with Gasteiger partial charge in [0.25, 0.3) is 0 Å². The first-order valence-electron chi connectivity index (χ1n) is 8.57. The number of nitrogens with zero attached hydrogens (tertiary/aromatic N) is 2. The topological polar surface area (TPSA) is 42.4 Å². The Morgan fingerprint density at radius 3 is 2.96 bits per heavy atom. The fraction of sp³-hybridized carbons (Fsp3) is 0.474. The first-order chi connectivity index (χ1) is 11.7. The molecule has 1 amide bonds. The number of amides is 1. The molecular formula is C19H24N2O2S. The van der Waals surface area contributed by atoms with Crippen molar-refractivity contribution < 1.29 is 9.53 Å². The lowest BCUT2D eigenvalue weighted by atomic mass is 10.2. The van der Waals surface area contributed by atoms with Crippen LogP contribution in [0, 0.1) is 12.8 Å². The zero-order chi connectivity index (χ0) is 16.9. The molecule has 1 saturated carbocycles.